The van der Waals surface area contributed by atoms with Crippen LogP contribution in [0.1, 0.15) is 19.8 Å². The Morgan fingerprint density at radius 2 is 2.10 bits per heavy atom. The van der Waals surface area contributed by atoms with Crippen LogP contribution >= 0.6 is 0 Å². The zero-order chi connectivity index (χ0) is 16.2. The number of carboxylic acid groups (broad SMARTS) is 1. The Morgan fingerprint density at radius 1 is 1.48 bits per heavy atom. The minimum Gasteiger partial charge on any atom is -0.480 e. The molecule has 0 fully saturated rings. The molecule has 1 aromatic carbocycles. The largest absolute Gasteiger partial charge is 0.480 e. The van der Waals surface area contributed by atoms with Crippen molar-refractivity contribution in [2.24, 2.45) is 0 Å². The standard InChI is InChI=1S/C12H16N2O6S/c1-3-4-10(12(15)16)13-9-6-5-8(21(2,19)20)7-11(9)14(17)18/h5-7,10,13H,3-4H2,1-2H3,(H,15,16). The lowest BCUT2D eigenvalue weighted by atomic mass is 10.1. The van der Waals surface area contributed by atoms with E-state index in [0.717, 1.165) is 12.3 Å². The van der Waals surface area contributed by atoms with E-state index in [2.05, 4.69) is 5.32 Å². The second-order valence-electron chi connectivity index (χ2n) is 4.53. The number of hydrogen-bond acceptors (Lipinski definition) is 6. The first kappa shape index (κ1) is 16.9. The summed E-state index contributed by atoms with van der Waals surface area (Å²) in [4.78, 5) is 21.2. The molecule has 0 aromatic heterocycles. The van der Waals surface area contributed by atoms with Gasteiger partial charge in [-0.2, -0.15) is 0 Å². The van der Waals surface area contributed by atoms with Crippen LogP contribution in [0.3, 0.4) is 0 Å². The molecule has 1 unspecified atom stereocenters. The van der Waals surface area contributed by atoms with Crippen molar-refractivity contribution in [2.75, 3.05) is 11.6 Å². The van der Waals surface area contributed by atoms with Crippen molar-refractivity contribution < 1.29 is 23.2 Å². The molecule has 1 atom stereocenters. The summed E-state index contributed by atoms with van der Waals surface area (Å²) >= 11 is 0. The number of hydrogen-bond donors (Lipinski definition) is 2. The molecular formula is C12H16N2O6S. The van der Waals surface area contributed by atoms with Crippen molar-refractivity contribution in [2.45, 2.75) is 30.7 Å². The summed E-state index contributed by atoms with van der Waals surface area (Å²) in [7, 11) is -3.58. The molecule has 116 valence electrons. The zero-order valence-electron chi connectivity index (χ0n) is 11.6. The average Bonchev–Trinajstić information content (AvgIpc) is 2.36. The number of carboxylic acids is 1. The molecule has 2 N–H and O–H groups in total. The number of nitrogens with zero attached hydrogens (tertiary/aromatic N) is 1. The molecule has 0 aliphatic rings. The predicted octanol–water partition coefficient (Wildman–Crippen LogP) is 1.66. The van der Waals surface area contributed by atoms with Crippen molar-refractivity contribution in [3.05, 3.63) is 28.3 Å². The van der Waals surface area contributed by atoms with E-state index in [4.69, 9.17) is 5.11 Å². The van der Waals surface area contributed by atoms with Crippen LogP contribution in [0.25, 0.3) is 0 Å². The number of sulfone groups is 1. The number of nitro groups is 1. The first-order valence-electron chi connectivity index (χ1n) is 6.14. The van der Waals surface area contributed by atoms with Gasteiger partial charge in [-0.1, -0.05) is 13.3 Å². The van der Waals surface area contributed by atoms with E-state index in [9.17, 15) is 23.3 Å². The number of benzene rings is 1. The van der Waals surface area contributed by atoms with Gasteiger partial charge in [0.15, 0.2) is 9.84 Å². The van der Waals surface area contributed by atoms with Gasteiger partial charge in [0.2, 0.25) is 0 Å². The van der Waals surface area contributed by atoms with Gasteiger partial charge in [0, 0.05) is 12.3 Å². The summed E-state index contributed by atoms with van der Waals surface area (Å²) in [5.74, 6) is -1.13. The molecule has 21 heavy (non-hydrogen) atoms. The highest BCUT2D eigenvalue weighted by Crippen LogP contribution is 2.28. The normalized spacial score (nSPS) is 12.7. The highest BCUT2D eigenvalue weighted by Gasteiger charge is 2.23. The summed E-state index contributed by atoms with van der Waals surface area (Å²) in [5.41, 5.74) is -0.492. The van der Waals surface area contributed by atoms with E-state index in [1.165, 1.54) is 12.1 Å². The Morgan fingerprint density at radius 3 is 2.52 bits per heavy atom. The van der Waals surface area contributed by atoms with Crippen LogP contribution < -0.4 is 5.32 Å². The summed E-state index contributed by atoms with van der Waals surface area (Å²) in [6, 6.07) is 2.36. The second kappa shape index (κ2) is 6.53. The van der Waals surface area contributed by atoms with E-state index >= 15 is 0 Å². The van der Waals surface area contributed by atoms with Crippen LogP contribution in [0, 0.1) is 10.1 Å². The third-order valence-corrected chi connectivity index (χ3v) is 3.91. The summed E-state index contributed by atoms with van der Waals surface area (Å²) < 4.78 is 22.8. The van der Waals surface area contributed by atoms with Gasteiger partial charge in [-0.25, -0.2) is 13.2 Å². The molecule has 8 nitrogen and oxygen atoms in total. The Labute approximate surface area is 121 Å². The maximum Gasteiger partial charge on any atom is 0.326 e. The molecule has 1 aromatic rings. The third-order valence-electron chi connectivity index (χ3n) is 2.80. The molecule has 0 radical (unpaired) electrons. The first-order valence-corrected chi connectivity index (χ1v) is 8.03. The Balaban J connectivity index is 3.24. The second-order valence-corrected chi connectivity index (χ2v) is 6.55. The van der Waals surface area contributed by atoms with Crippen molar-refractivity contribution in [1.29, 1.82) is 0 Å². The molecule has 1 rings (SSSR count). The predicted molar refractivity (Wildman–Crippen MR) is 76.2 cm³/mol. The molecule has 0 saturated heterocycles. The van der Waals surface area contributed by atoms with Gasteiger partial charge in [0.05, 0.1) is 9.82 Å². The van der Waals surface area contributed by atoms with Crippen molar-refractivity contribution in [1.82, 2.24) is 0 Å². The fourth-order valence-corrected chi connectivity index (χ4v) is 2.39. The fourth-order valence-electron chi connectivity index (χ4n) is 1.75. The minimum atomic E-state index is -3.58. The number of rotatable bonds is 7. The van der Waals surface area contributed by atoms with Crippen LogP contribution in [-0.2, 0) is 14.6 Å². The fraction of sp³-hybridized carbons (Fsp3) is 0.417. The minimum absolute atomic E-state index is 0.0201. The number of anilines is 1. The van der Waals surface area contributed by atoms with E-state index in [0.29, 0.717) is 12.8 Å². The average molecular weight is 316 g/mol. The number of nitrogens with one attached hydrogen (secondary N) is 1. The van der Waals surface area contributed by atoms with Crippen LogP contribution in [0.5, 0.6) is 0 Å². The SMILES string of the molecule is CCCC(Nc1ccc(S(C)(=O)=O)cc1[N+](=O)[O-])C(=O)O. The quantitative estimate of drug-likeness (QED) is 0.578. The van der Waals surface area contributed by atoms with Gasteiger partial charge in [0.25, 0.3) is 5.69 Å². The lowest BCUT2D eigenvalue weighted by Crippen LogP contribution is -2.29. The van der Waals surface area contributed by atoms with Crippen LogP contribution in [0.15, 0.2) is 23.1 Å². The van der Waals surface area contributed by atoms with Gasteiger partial charge in [0.1, 0.15) is 11.7 Å². The highest BCUT2D eigenvalue weighted by atomic mass is 32.2. The molecule has 0 aliphatic carbocycles. The highest BCUT2D eigenvalue weighted by molar-refractivity contribution is 7.90. The van der Waals surface area contributed by atoms with E-state index < -0.39 is 32.5 Å². The van der Waals surface area contributed by atoms with E-state index in [1.807, 2.05) is 0 Å². The van der Waals surface area contributed by atoms with Gasteiger partial charge >= 0.3 is 5.97 Å². The molecule has 0 aliphatic heterocycles. The Bertz CT molecular complexity index is 656. The van der Waals surface area contributed by atoms with Crippen LogP contribution in [-0.4, -0.2) is 36.7 Å². The molecule has 9 heteroatoms. The number of carbonyl (C=O) groups is 1. The lowest BCUT2D eigenvalue weighted by Gasteiger charge is -2.15. The molecular weight excluding hydrogens is 300 g/mol. The smallest absolute Gasteiger partial charge is 0.326 e. The van der Waals surface area contributed by atoms with Gasteiger partial charge < -0.3 is 10.4 Å². The molecule has 0 bridgehead atoms. The Kier molecular flexibility index (Phi) is 5.25. The van der Waals surface area contributed by atoms with Crippen LogP contribution in [0.4, 0.5) is 11.4 Å². The van der Waals surface area contributed by atoms with Gasteiger partial charge in [-0.05, 0) is 18.6 Å². The summed E-state index contributed by atoms with van der Waals surface area (Å²) in [6.45, 7) is 1.79. The van der Waals surface area contributed by atoms with Crippen molar-refractivity contribution >= 4 is 27.2 Å². The summed E-state index contributed by atoms with van der Waals surface area (Å²) in [6.07, 6.45) is 1.82. The number of nitro benzene ring substituents is 1. The Hall–Kier alpha value is -2.16. The maximum absolute atomic E-state index is 11.4. The van der Waals surface area contributed by atoms with E-state index in [-0.39, 0.29) is 10.6 Å². The maximum atomic E-state index is 11.4. The lowest BCUT2D eigenvalue weighted by molar-refractivity contribution is -0.384. The van der Waals surface area contributed by atoms with Crippen molar-refractivity contribution in [3.8, 4) is 0 Å². The molecule has 0 saturated carbocycles. The van der Waals surface area contributed by atoms with E-state index in [1.54, 1.807) is 6.92 Å². The zero-order valence-corrected chi connectivity index (χ0v) is 12.4. The molecule has 0 heterocycles. The monoisotopic (exact) mass is 316 g/mol. The van der Waals surface area contributed by atoms with Gasteiger partial charge in [-0.15, -0.1) is 0 Å². The summed E-state index contributed by atoms with van der Waals surface area (Å²) in [5, 5.41) is 22.7. The van der Waals surface area contributed by atoms with Crippen molar-refractivity contribution in [3.63, 3.8) is 0 Å². The number of aliphatic carboxylic acids is 1. The molecule has 0 amide bonds. The third kappa shape index (κ3) is 4.42. The first-order chi connectivity index (χ1) is 9.66. The van der Waals surface area contributed by atoms with Crippen LogP contribution in [0.2, 0.25) is 0 Å². The molecule has 0 spiro atoms. The van der Waals surface area contributed by atoms with Gasteiger partial charge in [-0.3, -0.25) is 10.1 Å². The topological polar surface area (TPSA) is 127 Å².